The highest BCUT2D eigenvalue weighted by molar-refractivity contribution is 5.48. The van der Waals surface area contributed by atoms with E-state index in [2.05, 4.69) is 11.8 Å². The fourth-order valence-corrected chi connectivity index (χ4v) is 3.13. The Labute approximate surface area is 115 Å². The molecule has 0 heterocycles. The van der Waals surface area contributed by atoms with Crippen molar-refractivity contribution in [2.45, 2.75) is 45.1 Å². The monoisotopic (exact) mass is 264 g/mol. The number of hydrogen-bond donors (Lipinski definition) is 1. The molecule has 0 aliphatic heterocycles. The zero-order valence-corrected chi connectivity index (χ0v) is 11.8. The lowest BCUT2D eigenvalue weighted by Gasteiger charge is -2.38. The summed E-state index contributed by atoms with van der Waals surface area (Å²) in [6, 6.07) is 7.58. The quantitative estimate of drug-likeness (QED) is 0.881. The third kappa shape index (κ3) is 3.69. The normalized spacial score (nSPS) is 23.3. The maximum Gasteiger partial charge on any atom is 0.146 e. The Balaban J connectivity index is 2.17. The van der Waals surface area contributed by atoms with Crippen LogP contribution < -0.4 is 10.6 Å². The molecule has 3 heteroatoms. The van der Waals surface area contributed by atoms with E-state index in [0.29, 0.717) is 12.6 Å². The van der Waals surface area contributed by atoms with Crippen LogP contribution in [0, 0.1) is 11.7 Å². The number of para-hydroxylation sites is 1. The van der Waals surface area contributed by atoms with Crippen LogP contribution in [0.15, 0.2) is 24.3 Å². The van der Waals surface area contributed by atoms with Gasteiger partial charge in [0.2, 0.25) is 0 Å². The lowest BCUT2D eigenvalue weighted by atomic mass is 9.86. The minimum absolute atomic E-state index is 0.113. The highest BCUT2D eigenvalue weighted by Crippen LogP contribution is 2.31. The third-order valence-electron chi connectivity index (χ3n) is 4.11. The summed E-state index contributed by atoms with van der Waals surface area (Å²) < 4.78 is 14.0. The van der Waals surface area contributed by atoms with Crippen molar-refractivity contribution in [1.82, 2.24) is 0 Å². The number of nitrogens with zero attached hydrogens (tertiary/aromatic N) is 1. The molecule has 0 radical (unpaired) electrons. The van der Waals surface area contributed by atoms with E-state index < -0.39 is 0 Å². The van der Waals surface area contributed by atoms with Crippen LogP contribution in [0.4, 0.5) is 10.1 Å². The van der Waals surface area contributed by atoms with Crippen molar-refractivity contribution in [1.29, 1.82) is 0 Å². The van der Waals surface area contributed by atoms with Crippen LogP contribution in [0.3, 0.4) is 0 Å². The second kappa shape index (κ2) is 6.90. The van der Waals surface area contributed by atoms with Gasteiger partial charge in [-0.2, -0.15) is 0 Å². The Hall–Kier alpha value is -1.09. The van der Waals surface area contributed by atoms with Crippen molar-refractivity contribution in [3.63, 3.8) is 0 Å². The van der Waals surface area contributed by atoms with Gasteiger partial charge in [-0.05, 0) is 43.9 Å². The molecule has 2 N–H and O–H groups in total. The average Bonchev–Trinajstić information content (AvgIpc) is 2.41. The molecule has 1 saturated carbocycles. The molecule has 2 rings (SSSR count). The first-order valence-electron chi connectivity index (χ1n) is 7.43. The fraction of sp³-hybridized carbons (Fsp3) is 0.625. The molecule has 1 aliphatic rings. The Morgan fingerprint density at radius 3 is 2.79 bits per heavy atom. The molecular formula is C16H25FN2. The SMILES string of the molecule is CC1CCCC(N(CCCN)c2ccccc2F)C1. The first kappa shape index (κ1) is 14.3. The zero-order valence-electron chi connectivity index (χ0n) is 11.8. The lowest BCUT2D eigenvalue weighted by Crippen LogP contribution is -2.40. The van der Waals surface area contributed by atoms with Gasteiger partial charge in [0.25, 0.3) is 0 Å². The zero-order chi connectivity index (χ0) is 13.7. The molecule has 106 valence electrons. The molecule has 1 aliphatic carbocycles. The van der Waals surface area contributed by atoms with Crippen molar-refractivity contribution < 1.29 is 4.39 Å². The smallest absolute Gasteiger partial charge is 0.146 e. The second-order valence-electron chi connectivity index (χ2n) is 5.71. The van der Waals surface area contributed by atoms with Gasteiger partial charge in [-0.1, -0.05) is 31.9 Å². The summed E-state index contributed by atoms with van der Waals surface area (Å²) in [6.07, 6.45) is 5.80. The molecule has 1 aromatic carbocycles. The first-order chi connectivity index (χ1) is 9.22. The molecule has 1 fully saturated rings. The summed E-state index contributed by atoms with van der Waals surface area (Å²) in [7, 11) is 0. The predicted octanol–water partition coefficient (Wildman–Crippen LogP) is 3.56. The first-order valence-corrected chi connectivity index (χ1v) is 7.43. The molecule has 2 atom stereocenters. The molecular weight excluding hydrogens is 239 g/mol. The molecule has 0 aromatic heterocycles. The summed E-state index contributed by atoms with van der Waals surface area (Å²) >= 11 is 0. The topological polar surface area (TPSA) is 29.3 Å². The van der Waals surface area contributed by atoms with Gasteiger partial charge in [-0.3, -0.25) is 0 Å². The number of rotatable bonds is 5. The van der Waals surface area contributed by atoms with Gasteiger partial charge in [0, 0.05) is 12.6 Å². The minimum atomic E-state index is -0.113. The highest BCUT2D eigenvalue weighted by Gasteiger charge is 2.25. The summed E-state index contributed by atoms with van der Waals surface area (Å²) in [4.78, 5) is 2.25. The number of halogens is 1. The van der Waals surface area contributed by atoms with Crippen LogP contribution in [-0.4, -0.2) is 19.1 Å². The Kier molecular flexibility index (Phi) is 5.20. The van der Waals surface area contributed by atoms with Crippen molar-refractivity contribution in [3.8, 4) is 0 Å². The van der Waals surface area contributed by atoms with Crippen molar-refractivity contribution >= 4 is 5.69 Å². The molecule has 2 unspecified atom stereocenters. The predicted molar refractivity (Wildman–Crippen MR) is 78.8 cm³/mol. The van der Waals surface area contributed by atoms with Gasteiger partial charge < -0.3 is 10.6 Å². The minimum Gasteiger partial charge on any atom is -0.366 e. The summed E-state index contributed by atoms with van der Waals surface area (Å²) in [5.74, 6) is 0.628. The van der Waals surface area contributed by atoms with E-state index in [1.807, 2.05) is 12.1 Å². The molecule has 1 aromatic rings. The van der Waals surface area contributed by atoms with Crippen LogP contribution in [0.25, 0.3) is 0 Å². The molecule has 0 saturated heterocycles. The van der Waals surface area contributed by atoms with E-state index in [1.165, 1.54) is 25.7 Å². The van der Waals surface area contributed by atoms with E-state index in [-0.39, 0.29) is 5.82 Å². The lowest BCUT2D eigenvalue weighted by molar-refractivity contribution is 0.327. The van der Waals surface area contributed by atoms with Gasteiger partial charge in [0.15, 0.2) is 0 Å². The molecule has 0 bridgehead atoms. The summed E-state index contributed by atoms with van der Waals surface area (Å²) in [5, 5.41) is 0. The number of anilines is 1. The second-order valence-corrected chi connectivity index (χ2v) is 5.71. The van der Waals surface area contributed by atoms with E-state index >= 15 is 0 Å². The van der Waals surface area contributed by atoms with E-state index in [9.17, 15) is 4.39 Å². The largest absolute Gasteiger partial charge is 0.366 e. The molecule has 0 amide bonds. The Morgan fingerprint density at radius 2 is 2.11 bits per heavy atom. The van der Waals surface area contributed by atoms with E-state index in [0.717, 1.165) is 24.6 Å². The van der Waals surface area contributed by atoms with Gasteiger partial charge in [-0.25, -0.2) is 4.39 Å². The third-order valence-corrected chi connectivity index (χ3v) is 4.11. The standard InChI is InChI=1S/C16H25FN2/c1-13-6-4-7-14(12-13)19(11-5-10-18)16-9-3-2-8-15(16)17/h2-3,8-9,13-14H,4-7,10-12,18H2,1H3. The number of nitrogens with two attached hydrogens (primary N) is 1. The van der Waals surface area contributed by atoms with Crippen LogP contribution in [0.5, 0.6) is 0 Å². The average molecular weight is 264 g/mol. The van der Waals surface area contributed by atoms with Gasteiger partial charge in [0.1, 0.15) is 5.82 Å². The van der Waals surface area contributed by atoms with Crippen LogP contribution in [0.2, 0.25) is 0 Å². The molecule has 0 spiro atoms. The van der Waals surface area contributed by atoms with E-state index in [4.69, 9.17) is 5.73 Å². The van der Waals surface area contributed by atoms with E-state index in [1.54, 1.807) is 12.1 Å². The Morgan fingerprint density at radius 1 is 1.32 bits per heavy atom. The Bertz CT molecular complexity index is 394. The summed E-state index contributed by atoms with van der Waals surface area (Å²) in [6.45, 7) is 3.82. The number of benzene rings is 1. The van der Waals surface area contributed by atoms with Crippen molar-refractivity contribution in [2.75, 3.05) is 18.0 Å². The fourth-order valence-electron chi connectivity index (χ4n) is 3.13. The molecule has 19 heavy (non-hydrogen) atoms. The molecule has 2 nitrogen and oxygen atoms in total. The maximum absolute atomic E-state index is 14.0. The van der Waals surface area contributed by atoms with Gasteiger partial charge in [0.05, 0.1) is 5.69 Å². The van der Waals surface area contributed by atoms with Crippen molar-refractivity contribution in [3.05, 3.63) is 30.1 Å². The maximum atomic E-state index is 14.0. The van der Waals surface area contributed by atoms with Crippen molar-refractivity contribution in [2.24, 2.45) is 11.7 Å². The highest BCUT2D eigenvalue weighted by atomic mass is 19.1. The van der Waals surface area contributed by atoms with Crippen LogP contribution in [0.1, 0.15) is 39.0 Å². The van der Waals surface area contributed by atoms with Crippen LogP contribution in [-0.2, 0) is 0 Å². The van der Waals surface area contributed by atoms with Gasteiger partial charge >= 0.3 is 0 Å². The van der Waals surface area contributed by atoms with Crippen LogP contribution >= 0.6 is 0 Å². The van der Waals surface area contributed by atoms with Gasteiger partial charge in [-0.15, -0.1) is 0 Å². The summed E-state index contributed by atoms with van der Waals surface area (Å²) in [5.41, 5.74) is 6.37. The number of hydrogen-bond acceptors (Lipinski definition) is 2.